The molecule has 0 spiro atoms. The number of piperazine rings is 1. The summed E-state index contributed by atoms with van der Waals surface area (Å²) in [6.07, 6.45) is 5.02. The number of hydrogen-bond acceptors (Lipinski definition) is 6. The van der Waals surface area contributed by atoms with Gasteiger partial charge in [0.15, 0.2) is 0 Å². The van der Waals surface area contributed by atoms with Crippen LogP contribution in [0, 0.1) is 5.82 Å². The van der Waals surface area contributed by atoms with Crippen molar-refractivity contribution in [2.75, 3.05) is 41.3 Å². The number of amides is 1. The van der Waals surface area contributed by atoms with E-state index in [4.69, 9.17) is 0 Å². The van der Waals surface area contributed by atoms with E-state index in [9.17, 15) is 9.18 Å². The van der Waals surface area contributed by atoms with Gasteiger partial charge in [-0.25, -0.2) is 14.4 Å². The summed E-state index contributed by atoms with van der Waals surface area (Å²) in [5.74, 6) is -0.213. The zero-order valence-corrected chi connectivity index (χ0v) is 16.8. The standard InChI is InChI=1S/C23H21FN6O/c24-19-14-16(27-15-18-17-4-1-2-5-20(17)28-22(18)31)6-7-21(19)29-10-12-30(13-11-29)23-25-8-3-9-26-23/h1-9,14-15,18H,10-13H2,(H,28,31). The number of benzene rings is 2. The molecule has 3 aromatic rings. The fourth-order valence-corrected chi connectivity index (χ4v) is 3.98. The molecule has 1 saturated heterocycles. The number of aliphatic imine (C=N–C) groups is 1. The normalized spacial score (nSPS) is 18.4. The van der Waals surface area contributed by atoms with Gasteiger partial charge in [-0.3, -0.25) is 9.79 Å². The van der Waals surface area contributed by atoms with Gasteiger partial charge in [0.2, 0.25) is 11.9 Å². The number of rotatable bonds is 4. The molecule has 2 aromatic carbocycles. The number of carbonyl (C=O) groups excluding carboxylic acids is 1. The lowest BCUT2D eigenvalue weighted by Crippen LogP contribution is -2.47. The van der Waals surface area contributed by atoms with Gasteiger partial charge in [-0.1, -0.05) is 18.2 Å². The van der Waals surface area contributed by atoms with Crippen LogP contribution in [0.4, 0.5) is 27.4 Å². The molecule has 0 radical (unpaired) electrons. The van der Waals surface area contributed by atoms with Crippen molar-refractivity contribution >= 4 is 35.1 Å². The maximum atomic E-state index is 14.8. The third kappa shape index (κ3) is 3.84. The molecular formula is C23H21FN6O. The molecule has 0 saturated carbocycles. The predicted molar refractivity (Wildman–Crippen MR) is 119 cm³/mol. The molecule has 1 aromatic heterocycles. The molecule has 1 unspecified atom stereocenters. The first kappa shape index (κ1) is 19.2. The van der Waals surface area contributed by atoms with E-state index in [-0.39, 0.29) is 11.7 Å². The number of halogens is 1. The number of nitrogens with zero attached hydrogens (tertiary/aromatic N) is 5. The second-order valence-corrected chi connectivity index (χ2v) is 7.49. The summed E-state index contributed by atoms with van der Waals surface area (Å²) in [5, 5.41) is 2.84. The Morgan fingerprint density at radius 1 is 1.00 bits per heavy atom. The largest absolute Gasteiger partial charge is 0.366 e. The molecule has 156 valence electrons. The molecule has 8 heteroatoms. The van der Waals surface area contributed by atoms with Crippen molar-refractivity contribution in [3.63, 3.8) is 0 Å². The summed E-state index contributed by atoms with van der Waals surface area (Å²) in [4.78, 5) is 29.3. The van der Waals surface area contributed by atoms with Gasteiger partial charge in [-0.15, -0.1) is 0 Å². The molecular weight excluding hydrogens is 395 g/mol. The van der Waals surface area contributed by atoms with Crippen LogP contribution in [-0.2, 0) is 4.79 Å². The first-order valence-electron chi connectivity index (χ1n) is 10.2. The second-order valence-electron chi connectivity index (χ2n) is 7.49. The van der Waals surface area contributed by atoms with Crippen LogP contribution in [0.1, 0.15) is 11.5 Å². The van der Waals surface area contributed by atoms with E-state index in [1.54, 1.807) is 36.8 Å². The van der Waals surface area contributed by atoms with Crippen molar-refractivity contribution in [3.8, 4) is 0 Å². The van der Waals surface area contributed by atoms with Gasteiger partial charge in [0, 0.05) is 56.5 Å². The lowest BCUT2D eigenvalue weighted by Gasteiger charge is -2.36. The van der Waals surface area contributed by atoms with E-state index in [1.165, 1.54) is 6.07 Å². The highest BCUT2D eigenvalue weighted by Gasteiger charge is 2.28. The fraction of sp³-hybridized carbons (Fsp3) is 0.217. The maximum Gasteiger partial charge on any atom is 0.237 e. The van der Waals surface area contributed by atoms with Gasteiger partial charge in [0.25, 0.3) is 0 Å². The first-order chi connectivity index (χ1) is 15.2. The number of aromatic nitrogens is 2. The van der Waals surface area contributed by atoms with E-state index in [0.717, 1.165) is 24.3 Å². The second kappa shape index (κ2) is 8.14. The maximum absolute atomic E-state index is 14.8. The molecule has 31 heavy (non-hydrogen) atoms. The number of anilines is 3. The minimum absolute atomic E-state index is 0.123. The van der Waals surface area contributed by atoms with Crippen LogP contribution in [-0.4, -0.2) is 48.3 Å². The quantitative estimate of drug-likeness (QED) is 0.660. The lowest BCUT2D eigenvalue weighted by atomic mass is 10.0. The minimum atomic E-state index is -0.466. The number of para-hydroxylation sites is 1. The number of hydrogen-bond donors (Lipinski definition) is 1. The number of fused-ring (bicyclic) bond motifs is 1. The third-order valence-electron chi connectivity index (χ3n) is 5.60. The molecule has 0 aliphatic carbocycles. The minimum Gasteiger partial charge on any atom is -0.366 e. The van der Waals surface area contributed by atoms with Crippen molar-refractivity contribution in [3.05, 3.63) is 72.3 Å². The summed E-state index contributed by atoms with van der Waals surface area (Å²) < 4.78 is 14.8. The summed E-state index contributed by atoms with van der Waals surface area (Å²) in [6, 6.07) is 14.2. The molecule has 1 N–H and O–H groups in total. The van der Waals surface area contributed by atoms with Gasteiger partial charge in [0.05, 0.1) is 11.4 Å². The molecule has 7 nitrogen and oxygen atoms in total. The monoisotopic (exact) mass is 416 g/mol. The number of carbonyl (C=O) groups is 1. The van der Waals surface area contributed by atoms with Gasteiger partial charge in [-0.2, -0.15) is 0 Å². The average Bonchev–Trinajstić information content (AvgIpc) is 3.13. The van der Waals surface area contributed by atoms with Crippen LogP contribution in [0.2, 0.25) is 0 Å². The van der Waals surface area contributed by atoms with Gasteiger partial charge in [0.1, 0.15) is 11.7 Å². The lowest BCUT2D eigenvalue weighted by molar-refractivity contribution is -0.115. The average molecular weight is 416 g/mol. The van der Waals surface area contributed by atoms with Crippen LogP contribution in [0.5, 0.6) is 0 Å². The number of nitrogens with one attached hydrogen (secondary N) is 1. The Kier molecular flexibility index (Phi) is 5.03. The molecule has 5 rings (SSSR count). The Bertz CT molecular complexity index is 1130. The molecule has 1 atom stereocenters. The highest BCUT2D eigenvalue weighted by Crippen LogP contribution is 2.32. The zero-order valence-electron chi connectivity index (χ0n) is 16.8. The van der Waals surface area contributed by atoms with Gasteiger partial charge >= 0.3 is 0 Å². The Balaban J connectivity index is 1.27. The van der Waals surface area contributed by atoms with Crippen molar-refractivity contribution in [1.82, 2.24) is 9.97 Å². The molecule has 3 heterocycles. The van der Waals surface area contributed by atoms with E-state index in [2.05, 4.69) is 25.2 Å². The smallest absolute Gasteiger partial charge is 0.237 e. The molecule has 1 amide bonds. The Morgan fingerprint density at radius 2 is 1.74 bits per heavy atom. The molecule has 0 bridgehead atoms. The van der Waals surface area contributed by atoms with E-state index in [1.807, 2.05) is 29.2 Å². The van der Waals surface area contributed by atoms with Crippen LogP contribution in [0.25, 0.3) is 0 Å². The van der Waals surface area contributed by atoms with Crippen LogP contribution in [0.3, 0.4) is 0 Å². The van der Waals surface area contributed by atoms with Crippen LogP contribution in [0.15, 0.2) is 65.9 Å². The summed E-state index contributed by atoms with van der Waals surface area (Å²) in [6.45, 7) is 2.80. The van der Waals surface area contributed by atoms with Crippen molar-refractivity contribution < 1.29 is 9.18 Å². The Morgan fingerprint density at radius 3 is 2.52 bits per heavy atom. The zero-order chi connectivity index (χ0) is 21.2. The van der Waals surface area contributed by atoms with Crippen molar-refractivity contribution in [2.24, 2.45) is 4.99 Å². The molecule has 1 fully saturated rings. The van der Waals surface area contributed by atoms with Crippen molar-refractivity contribution in [1.29, 1.82) is 0 Å². The topological polar surface area (TPSA) is 73.7 Å². The summed E-state index contributed by atoms with van der Waals surface area (Å²) in [7, 11) is 0. The molecule has 2 aliphatic heterocycles. The van der Waals surface area contributed by atoms with Gasteiger partial charge in [-0.05, 0) is 29.8 Å². The summed E-state index contributed by atoms with van der Waals surface area (Å²) >= 11 is 0. The first-order valence-corrected chi connectivity index (χ1v) is 10.2. The highest BCUT2D eigenvalue weighted by atomic mass is 19.1. The fourth-order valence-electron chi connectivity index (χ4n) is 3.98. The van der Waals surface area contributed by atoms with E-state index < -0.39 is 5.92 Å². The highest BCUT2D eigenvalue weighted by molar-refractivity contribution is 6.12. The van der Waals surface area contributed by atoms with E-state index >= 15 is 0 Å². The third-order valence-corrected chi connectivity index (χ3v) is 5.60. The van der Waals surface area contributed by atoms with E-state index in [0.29, 0.717) is 30.4 Å². The summed E-state index contributed by atoms with van der Waals surface area (Å²) in [5.41, 5.74) is 2.71. The Hall–Kier alpha value is -3.81. The van der Waals surface area contributed by atoms with Gasteiger partial charge < -0.3 is 15.1 Å². The Labute approximate surface area is 179 Å². The molecule has 2 aliphatic rings. The van der Waals surface area contributed by atoms with Crippen LogP contribution >= 0.6 is 0 Å². The predicted octanol–water partition coefficient (Wildman–Crippen LogP) is 3.38. The van der Waals surface area contributed by atoms with Crippen LogP contribution < -0.4 is 15.1 Å². The van der Waals surface area contributed by atoms with Crippen molar-refractivity contribution in [2.45, 2.75) is 5.92 Å². The SMILES string of the molecule is O=C1Nc2ccccc2C1C=Nc1ccc(N2CCN(c3ncccn3)CC2)c(F)c1.